The summed E-state index contributed by atoms with van der Waals surface area (Å²) in [6, 6.07) is 0. The average molecular weight is 71.1 g/mol. The minimum absolute atomic E-state index is 0.523. The van der Waals surface area contributed by atoms with Gasteiger partial charge in [-0.05, 0) is 6.42 Å². The van der Waals surface area contributed by atoms with Gasteiger partial charge in [-0.15, -0.1) is 0 Å². The van der Waals surface area contributed by atoms with E-state index in [0.29, 0.717) is 6.10 Å². The van der Waals surface area contributed by atoms with Gasteiger partial charge in [-0.3, -0.25) is 0 Å². The molecule has 0 aromatic carbocycles. The van der Waals surface area contributed by atoms with Crippen molar-refractivity contribution in [3.8, 4) is 0 Å². The molecular formula is C4H7O. The second-order valence-corrected chi connectivity index (χ2v) is 1.24. The third kappa shape index (κ3) is 0.618. The van der Waals surface area contributed by atoms with Crippen LogP contribution in [0.4, 0.5) is 0 Å². The second-order valence-electron chi connectivity index (χ2n) is 1.24. The fourth-order valence-electron chi connectivity index (χ4n) is 0.235. The summed E-state index contributed by atoms with van der Waals surface area (Å²) in [7, 11) is 0. The smallest absolute Gasteiger partial charge is 0.0810 e. The second kappa shape index (κ2) is 0.977. The van der Waals surface area contributed by atoms with Gasteiger partial charge in [0.25, 0.3) is 0 Å². The molecule has 0 N–H and O–H groups in total. The van der Waals surface area contributed by atoms with Crippen molar-refractivity contribution in [1.82, 2.24) is 0 Å². The number of ether oxygens (including phenoxy) is 1. The molecule has 1 radical (unpaired) electrons. The van der Waals surface area contributed by atoms with E-state index in [9.17, 15) is 0 Å². The molecule has 1 aliphatic heterocycles. The summed E-state index contributed by atoms with van der Waals surface area (Å²) in [6.45, 7) is 4.57. The maximum atomic E-state index is 4.80. The Bertz CT molecular complexity index is 30.6. The van der Waals surface area contributed by atoms with Crippen molar-refractivity contribution in [1.29, 1.82) is 0 Å². The normalized spacial score (nSPS) is 34.2. The molecule has 0 aromatic heterocycles. The molecule has 1 aliphatic rings. The summed E-state index contributed by atoms with van der Waals surface area (Å²) in [5.74, 6) is 0. The molecule has 0 amide bonds. The van der Waals surface area contributed by atoms with E-state index in [1.54, 1.807) is 0 Å². The molecule has 0 aromatic rings. The SMILES string of the molecule is [CH2]CC1CO1. The lowest BCUT2D eigenvalue weighted by Crippen LogP contribution is -1.73. The maximum Gasteiger partial charge on any atom is 0.0810 e. The zero-order valence-corrected chi connectivity index (χ0v) is 3.11. The summed E-state index contributed by atoms with van der Waals surface area (Å²) < 4.78 is 4.80. The van der Waals surface area contributed by atoms with Gasteiger partial charge in [0, 0.05) is 0 Å². The molecule has 1 atom stereocenters. The van der Waals surface area contributed by atoms with Crippen LogP contribution in [0.15, 0.2) is 0 Å². The fourth-order valence-corrected chi connectivity index (χ4v) is 0.235. The molecule has 1 saturated heterocycles. The van der Waals surface area contributed by atoms with E-state index in [1.165, 1.54) is 0 Å². The minimum atomic E-state index is 0.523. The van der Waals surface area contributed by atoms with Gasteiger partial charge in [0.2, 0.25) is 0 Å². The lowest BCUT2D eigenvalue weighted by atomic mass is 10.4. The summed E-state index contributed by atoms with van der Waals surface area (Å²) >= 11 is 0. The van der Waals surface area contributed by atoms with Gasteiger partial charge in [-0.2, -0.15) is 0 Å². The molecular weight excluding hydrogens is 64.0 g/mol. The van der Waals surface area contributed by atoms with Crippen molar-refractivity contribution in [2.24, 2.45) is 0 Å². The molecule has 1 fully saturated rings. The quantitative estimate of drug-likeness (QED) is 0.412. The molecule has 5 heavy (non-hydrogen) atoms. The monoisotopic (exact) mass is 71.0 g/mol. The van der Waals surface area contributed by atoms with E-state index in [2.05, 4.69) is 6.92 Å². The Morgan fingerprint density at radius 2 is 2.60 bits per heavy atom. The Hall–Kier alpha value is -0.0400. The molecule has 0 spiro atoms. The van der Waals surface area contributed by atoms with E-state index >= 15 is 0 Å². The first-order valence-electron chi connectivity index (χ1n) is 1.84. The van der Waals surface area contributed by atoms with Crippen molar-refractivity contribution >= 4 is 0 Å². The van der Waals surface area contributed by atoms with Crippen LogP contribution in [0.5, 0.6) is 0 Å². The van der Waals surface area contributed by atoms with E-state index in [1.807, 2.05) is 0 Å². The van der Waals surface area contributed by atoms with Crippen LogP contribution in [0.3, 0.4) is 0 Å². The summed E-state index contributed by atoms with van der Waals surface area (Å²) in [5.41, 5.74) is 0. The molecule has 0 aliphatic carbocycles. The van der Waals surface area contributed by atoms with Gasteiger partial charge in [-0.25, -0.2) is 0 Å². The molecule has 0 bridgehead atoms. The van der Waals surface area contributed by atoms with E-state index in [4.69, 9.17) is 4.74 Å². The maximum absolute atomic E-state index is 4.80. The Labute approximate surface area is 31.9 Å². The van der Waals surface area contributed by atoms with Crippen LogP contribution in [0.2, 0.25) is 0 Å². The van der Waals surface area contributed by atoms with Crippen LogP contribution in [-0.4, -0.2) is 12.7 Å². The van der Waals surface area contributed by atoms with Crippen LogP contribution in [0, 0.1) is 6.92 Å². The Kier molecular flexibility index (Phi) is 0.618. The lowest BCUT2D eigenvalue weighted by Gasteiger charge is -1.69. The molecule has 1 unspecified atom stereocenters. The van der Waals surface area contributed by atoms with E-state index < -0.39 is 0 Å². The van der Waals surface area contributed by atoms with Gasteiger partial charge in [0.1, 0.15) is 0 Å². The Balaban J connectivity index is 2.00. The molecule has 1 heteroatoms. The Morgan fingerprint density at radius 3 is 2.60 bits per heavy atom. The van der Waals surface area contributed by atoms with Crippen LogP contribution >= 0.6 is 0 Å². The zero-order chi connectivity index (χ0) is 3.70. The Morgan fingerprint density at radius 1 is 2.00 bits per heavy atom. The minimum Gasteiger partial charge on any atom is -0.373 e. The van der Waals surface area contributed by atoms with Crippen molar-refractivity contribution in [3.63, 3.8) is 0 Å². The van der Waals surface area contributed by atoms with E-state index in [-0.39, 0.29) is 0 Å². The van der Waals surface area contributed by atoms with Gasteiger partial charge < -0.3 is 4.74 Å². The number of epoxide rings is 1. The fraction of sp³-hybridized carbons (Fsp3) is 0.750. The van der Waals surface area contributed by atoms with Crippen molar-refractivity contribution < 1.29 is 4.74 Å². The van der Waals surface area contributed by atoms with Gasteiger partial charge >= 0.3 is 0 Å². The highest BCUT2D eigenvalue weighted by Gasteiger charge is 2.18. The largest absolute Gasteiger partial charge is 0.373 e. The molecule has 0 saturated carbocycles. The third-order valence-electron chi connectivity index (χ3n) is 0.724. The highest BCUT2D eigenvalue weighted by atomic mass is 16.6. The average Bonchev–Trinajstić information content (AvgIpc) is 2.12. The highest BCUT2D eigenvalue weighted by molar-refractivity contribution is 4.68. The van der Waals surface area contributed by atoms with Crippen molar-refractivity contribution in [3.05, 3.63) is 6.92 Å². The van der Waals surface area contributed by atoms with Crippen molar-refractivity contribution in [2.75, 3.05) is 6.61 Å². The first-order valence-corrected chi connectivity index (χ1v) is 1.84. The van der Waals surface area contributed by atoms with Gasteiger partial charge in [-0.1, -0.05) is 6.92 Å². The van der Waals surface area contributed by atoms with Gasteiger partial charge in [0.15, 0.2) is 0 Å². The van der Waals surface area contributed by atoms with Gasteiger partial charge in [0.05, 0.1) is 12.7 Å². The predicted octanol–water partition coefficient (Wildman–Crippen LogP) is 0.609. The van der Waals surface area contributed by atoms with Crippen molar-refractivity contribution in [2.45, 2.75) is 12.5 Å². The highest BCUT2D eigenvalue weighted by Crippen LogP contribution is 2.10. The van der Waals surface area contributed by atoms with Crippen LogP contribution in [0.25, 0.3) is 0 Å². The number of hydrogen-bond donors (Lipinski definition) is 0. The van der Waals surface area contributed by atoms with Crippen LogP contribution < -0.4 is 0 Å². The van der Waals surface area contributed by atoms with Crippen LogP contribution in [-0.2, 0) is 4.74 Å². The molecule has 1 rings (SSSR count). The molecule has 1 nitrogen and oxygen atoms in total. The first-order chi connectivity index (χ1) is 2.43. The molecule has 29 valence electrons. The third-order valence-corrected chi connectivity index (χ3v) is 0.724. The number of hydrogen-bond acceptors (Lipinski definition) is 1. The number of rotatable bonds is 1. The van der Waals surface area contributed by atoms with Crippen LogP contribution in [0.1, 0.15) is 6.42 Å². The molecule has 1 heterocycles. The first kappa shape index (κ1) is 3.16. The predicted molar refractivity (Wildman–Crippen MR) is 19.7 cm³/mol. The lowest BCUT2D eigenvalue weighted by molar-refractivity contribution is 0.410. The topological polar surface area (TPSA) is 12.5 Å². The van der Waals surface area contributed by atoms with E-state index in [0.717, 1.165) is 13.0 Å². The summed E-state index contributed by atoms with van der Waals surface area (Å²) in [5, 5.41) is 0. The standard InChI is InChI=1S/C4H7O/c1-2-4-3-5-4/h4H,1-3H2. The summed E-state index contributed by atoms with van der Waals surface area (Å²) in [4.78, 5) is 0. The zero-order valence-electron chi connectivity index (χ0n) is 3.11. The summed E-state index contributed by atoms with van der Waals surface area (Å²) in [6.07, 6.45) is 1.47.